The number of fused-ring (bicyclic) bond motifs is 3. The van der Waals surface area contributed by atoms with Gasteiger partial charge in [-0.3, -0.25) is 5.32 Å². The number of phenolic OH excluding ortho intramolecular Hbond substituents is 1. The van der Waals surface area contributed by atoms with Crippen LogP contribution < -0.4 is 5.32 Å². The molecule has 0 saturated carbocycles. The zero-order valence-electron chi connectivity index (χ0n) is 13.8. The number of carbonyl (C=O) groups excluding carboxylic acids is 1. The summed E-state index contributed by atoms with van der Waals surface area (Å²) in [6, 6.07) is 20.9. The third kappa shape index (κ3) is 2.89. The summed E-state index contributed by atoms with van der Waals surface area (Å²) in [4.78, 5) is 12.2. The average molecular weight is 366 g/mol. The van der Waals surface area contributed by atoms with Gasteiger partial charge in [0.2, 0.25) is 0 Å². The number of nitrogens with one attached hydrogen (secondary N) is 1. The SMILES string of the molecule is O=C(Nc1c(O)cccc1Cl)OCC1c2ccccc2-c2ccccc21. The number of amides is 1. The first kappa shape index (κ1) is 16.5. The molecule has 0 spiro atoms. The van der Waals surface area contributed by atoms with Gasteiger partial charge in [0.15, 0.2) is 0 Å². The second kappa shape index (κ2) is 6.73. The third-order valence-corrected chi connectivity index (χ3v) is 4.88. The largest absolute Gasteiger partial charge is 0.506 e. The second-order valence-corrected chi connectivity index (χ2v) is 6.49. The summed E-state index contributed by atoms with van der Waals surface area (Å²) in [6.07, 6.45) is -0.657. The molecule has 26 heavy (non-hydrogen) atoms. The molecule has 0 atom stereocenters. The molecule has 0 unspecified atom stereocenters. The normalized spacial score (nSPS) is 12.3. The summed E-state index contributed by atoms with van der Waals surface area (Å²) >= 11 is 6.00. The second-order valence-electron chi connectivity index (χ2n) is 6.08. The van der Waals surface area contributed by atoms with Crippen LogP contribution in [0.4, 0.5) is 10.5 Å². The predicted octanol–water partition coefficient (Wildman–Crippen LogP) is 5.41. The Hall–Kier alpha value is -2.98. The van der Waals surface area contributed by atoms with Crippen LogP contribution in [-0.2, 0) is 4.74 Å². The van der Waals surface area contributed by atoms with Gasteiger partial charge in [-0.2, -0.15) is 0 Å². The lowest BCUT2D eigenvalue weighted by molar-refractivity contribution is 0.158. The fourth-order valence-corrected chi connectivity index (χ4v) is 3.59. The lowest BCUT2D eigenvalue weighted by atomic mass is 9.98. The van der Waals surface area contributed by atoms with E-state index in [1.165, 1.54) is 17.2 Å². The van der Waals surface area contributed by atoms with E-state index in [4.69, 9.17) is 16.3 Å². The Morgan fingerprint density at radius 1 is 0.962 bits per heavy atom. The molecular formula is C21H16ClNO3. The highest BCUT2D eigenvalue weighted by Gasteiger charge is 2.29. The molecule has 1 aliphatic rings. The van der Waals surface area contributed by atoms with Gasteiger partial charge in [0.25, 0.3) is 0 Å². The van der Waals surface area contributed by atoms with Crippen LogP contribution in [0, 0.1) is 0 Å². The molecule has 5 heteroatoms. The van der Waals surface area contributed by atoms with Crippen molar-refractivity contribution in [2.45, 2.75) is 5.92 Å². The molecule has 130 valence electrons. The highest BCUT2D eigenvalue weighted by atomic mass is 35.5. The van der Waals surface area contributed by atoms with Gasteiger partial charge in [-0.25, -0.2) is 4.79 Å². The van der Waals surface area contributed by atoms with Crippen molar-refractivity contribution >= 4 is 23.4 Å². The summed E-state index contributed by atoms with van der Waals surface area (Å²) in [7, 11) is 0. The molecule has 0 aliphatic heterocycles. The standard InChI is InChI=1S/C21H16ClNO3/c22-18-10-5-11-19(24)20(18)23-21(25)26-12-17-15-8-3-1-6-13(15)14-7-2-4-9-16(14)17/h1-11,17,24H,12H2,(H,23,25). The smallest absolute Gasteiger partial charge is 0.411 e. The minimum absolute atomic E-state index is 0.0204. The number of aromatic hydroxyl groups is 1. The van der Waals surface area contributed by atoms with E-state index in [1.807, 2.05) is 24.3 Å². The number of halogens is 1. The van der Waals surface area contributed by atoms with Crippen LogP contribution in [0.15, 0.2) is 66.7 Å². The van der Waals surface area contributed by atoms with Gasteiger partial charge < -0.3 is 9.84 Å². The van der Waals surface area contributed by atoms with E-state index in [-0.39, 0.29) is 29.0 Å². The maximum Gasteiger partial charge on any atom is 0.411 e. The van der Waals surface area contributed by atoms with Crippen LogP contribution in [0.2, 0.25) is 5.02 Å². The predicted molar refractivity (Wildman–Crippen MR) is 102 cm³/mol. The zero-order valence-corrected chi connectivity index (χ0v) is 14.5. The molecular weight excluding hydrogens is 350 g/mol. The molecule has 0 aromatic heterocycles. The minimum Gasteiger partial charge on any atom is -0.506 e. The van der Waals surface area contributed by atoms with Crippen molar-refractivity contribution in [3.05, 3.63) is 82.9 Å². The Morgan fingerprint density at radius 3 is 2.19 bits per heavy atom. The molecule has 0 saturated heterocycles. The molecule has 3 aromatic rings. The highest BCUT2D eigenvalue weighted by molar-refractivity contribution is 6.34. The van der Waals surface area contributed by atoms with Crippen molar-refractivity contribution in [3.63, 3.8) is 0 Å². The number of carbonyl (C=O) groups is 1. The maximum absolute atomic E-state index is 12.2. The number of phenols is 1. The van der Waals surface area contributed by atoms with Crippen molar-refractivity contribution in [3.8, 4) is 16.9 Å². The molecule has 3 aromatic carbocycles. The Bertz CT molecular complexity index is 921. The van der Waals surface area contributed by atoms with E-state index in [1.54, 1.807) is 12.1 Å². The lowest BCUT2D eigenvalue weighted by Gasteiger charge is -2.15. The monoisotopic (exact) mass is 365 g/mol. The van der Waals surface area contributed by atoms with Crippen LogP contribution in [0.25, 0.3) is 11.1 Å². The molecule has 0 radical (unpaired) electrons. The van der Waals surface area contributed by atoms with E-state index in [0.717, 1.165) is 11.1 Å². The van der Waals surface area contributed by atoms with E-state index in [9.17, 15) is 9.90 Å². The number of benzene rings is 3. The Kier molecular flexibility index (Phi) is 4.27. The van der Waals surface area contributed by atoms with Crippen LogP contribution in [0.3, 0.4) is 0 Å². The first-order chi connectivity index (χ1) is 12.6. The van der Waals surface area contributed by atoms with Crippen molar-refractivity contribution < 1.29 is 14.6 Å². The molecule has 0 bridgehead atoms. The Labute approximate surface area is 156 Å². The molecule has 4 rings (SSSR count). The molecule has 1 amide bonds. The van der Waals surface area contributed by atoms with Gasteiger partial charge in [-0.05, 0) is 34.4 Å². The van der Waals surface area contributed by atoms with Crippen LogP contribution in [0.1, 0.15) is 17.0 Å². The van der Waals surface area contributed by atoms with Crippen molar-refractivity contribution in [2.75, 3.05) is 11.9 Å². The number of ether oxygens (including phenoxy) is 1. The van der Waals surface area contributed by atoms with E-state index >= 15 is 0 Å². The fourth-order valence-electron chi connectivity index (χ4n) is 3.37. The lowest BCUT2D eigenvalue weighted by Crippen LogP contribution is -2.18. The summed E-state index contributed by atoms with van der Waals surface area (Å²) in [5, 5.41) is 12.6. The zero-order chi connectivity index (χ0) is 18.1. The molecule has 2 N–H and O–H groups in total. The first-order valence-electron chi connectivity index (χ1n) is 8.24. The van der Waals surface area contributed by atoms with E-state index in [2.05, 4.69) is 29.6 Å². The Balaban J connectivity index is 1.52. The van der Waals surface area contributed by atoms with Crippen molar-refractivity contribution in [1.82, 2.24) is 0 Å². The molecule has 1 aliphatic carbocycles. The summed E-state index contributed by atoms with van der Waals surface area (Å²) in [5.74, 6) is -0.126. The van der Waals surface area contributed by atoms with Crippen LogP contribution >= 0.6 is 11.6 Å². The molecule has 0 fully saturated rings. The molecule has 4 nitrogen and oxygen atoms in total. The van der Waals surface area contributed by atoms with E-state index < -0.39 is 6.09 Å². The van der Waals surface area contributed by atoms with Crippen LogP contribution in [-0.4, -0.2) is 17.8 Å². The third-order valence-electron chi connectivity index (χ3n) is 4.56. The van der Waals surface area contributed by atoms with Gasteiger partial charge in [-0.15, -0.1) is 0 Å². The number of rotatable bonds is 3. The van der Waals surface area contributed by atoms with E-state index in [0.29, 0.717) is 0 Å². The minimum atomic E-state index is -0.657. The number of para-hydroxylation sites is 1. The van der Waals surface area contributed by atoms with Gasteiger partial charge in [0.1, 0.15) is 18.0 Å². The maximum atomic E-state index is 12.2. The topological polar surface area (TPSA) is 58.6 Å². The van der Waals surface area contributed by atoms with Crippen molar-refractivity contribution in [1.29, 1.82) is 0 Å². The number of hydrogen-bond acceptors (Lipinski definition) is 3. The van der Waals surface area contributed by atoms with Crippen LogP contribution in [0.5, 0.6) is 5.75 Å². The summed E-state index contributed by atoms with van der Waals surface area (Å²) < 4.78 is 5.43. The van der Waals surface area contributed by atoms with Gasteiger partial charge in [0, 0.05) is 5.92 Å². The first-order valence-corrected chi connectivity index (χ1v) is 8.62. The van der Waals surface area contributed by atoms with Gasteiger partial charge in [-0.1, -0.05) is 66.2 Å². The fraction of sp³-hybridized carbons (Fsp3) is 0.0952. The van der Waals surface area contributed by atoms with Gasteiger partial charge in [0.05, 0.1) is 5.02 Å². The van der Waals surface area contributed by atoms with Crippen molar-refractivity contribution in [2.24, 2.45) is 0 Å². The summed E-state index contributed by atoms with van der Waals surface area (Å²) in [5.41, 5.74) is 4.76. The number of hydrogen-bond donors (Lipinski definition) is 2. The quantitative estimate of drug-likeness (QED) is 0.610. The summed E-state index contributed by atoms with van der Waals surface area (Å²) in [6.45, 7) is 0.199. The number of anilines is 1. The Morgan fingerprint density at radius 2 is 1.58 bits per heavy atom. The highest BCUT2D eigenvalue weighted by Crippen LogP contribution is 2.44. The average Bonchev–Trinajstić information content (AvgIpc) is 2.97. The van der Waals surface area contributed by atoms with Gasteiger partial charge >= 0.3 is 6.09 Å². The molecule has 0 heterocycles.